The van der Waals surface area contributed by atoms with Gasteiger partial charge in [0.15, 0.2) is 6.61 Å². The molecule has 0 bridgehead atoms. The van der Waals surface area contributed by atoms with E-state index in [9.17, 15) is 39.0 Å². The zero-order valence-corrected chi connectivity index (χ0v) is 37.1. The predicted molar refractivity (Wildman–Crippen MR) is 244 cm³/mol. The number of aliphatic hydroxyl groups excluding tert-OH is 1. The van der Waals surface area contributed by atoms with Crippen molar-refractivity contribution in [1.29, 1.82) is 0 Å². The van der Waals surface area contributed by atoms with E-state index in [1.54, 1.807) is 65.4 Å². The summed E-state index contributed by atoms with van der Waals surface area (Å²) in [6, 6.07) is 22.4. The lowest BCUT2D eigenvalue weighted by Gasteiger charge is -2.35. The van der Waals surface area contributed by atoms with Gasteiger partial charge in [-0.25, -0.2) is 9.78 Å². The number of carboxylic acid groups (broad SMARTS) is 1. The number of aromatic carboxylic acids is 1. The lowest BCUT2D eigenvalue weighted by Crippen LogP contribution is -2.57. The molecule has 5 aromatic rings. The molecule has 0 saturated carbocycles. The molecule has 15 nitrogen and oxygen atoms in total. The number of carboxylic acids is 1. The Labute approximate surface area is 375 Å². The van der Waals surface area contributed by atoms with Crippen LogP contribution in [-0.2, 0) is 25.7 Å². The van der Waals surface area contributed by atoms with E-state index in [1.807, 2.05) is 52.0 Å². The van der Waals surface area contributed by atoms with Crippen LogP contribution >= 0.6 is 11.3 Å². The van der Waals surface area contributed by atoms with Gasteiger partial charge in [0.1, 0.15) is 17.8 Å². The van der Waals surface area contributed by atoms with Gasteiger partial charge in [-0.05, 0) is 89.5 Å². The van der Waals surface area contributed by atoms with Crippen molar-refractivity contribution in [2.75, 3.05) is 25.0 Å². The molecular weight excluding hydrogens is 837 g/mol. The van der Waals surface area contributed by atoms with Gasteiger partial charge in [-0.2, -0.15) is 0 Å². The number of aliphatic hydroxyl groups is 1. The second kappa shape index (κ2) is 21.1. The van der Waals surface area contributed by atoms with E-state index in [1.165, 1.54) is 17.0 Å². The van der Waals surface area contributed by atoms with Crippen molar-refractivity contribution in [1.82, 2.24) is 25.8 Å². The van der Waals surface area contributed by atoms with Crippen LogP contribution in [-0.4, -0.2) is 93.5 Å². The summed E-state index contributed by atoms with van der Waals surface area (Å²) in [5.41, 5.74) is 4.83. The maximum absolute atomic E-state index is 14.0. The maximum Gasteiger partial charge on any atom is 0.335 e. The van der Waals surface area contributed by atoms with Gasteiger partial charge in [0.05, 0.1) is 27.7 Å². The summed E-state index contributed by atoms with van der Waals surface area (Å²) in [4.78, 5) is 83.9. The van der Waals surface area contributed by atoms with Crippen LogP contribution in [0.3, 0.4) is 0 Å². The number of benzene rings is 4. The Balaban J connectivity index is 0.896. The Kier molecular flexibility index (Phi) is 15.5. The second-order valence-electron chi connectivity index (χ2n) is 17.0. The van der Waals surface area contributed by atoms with Crippen molar-refractivity contribution >= 4 is 63.3 Å². The molecule has 1 aliphatic rings. The van der Waals surface area contributed by atoms with Gasteiger partial charge in [0.2, 0.25) is 17.7 Å². The normalized spacial score (nSPS) is 15.3. The molecule has 6 rings (SSSR count). The summed E-state index contributed by atoms with van der Waals surface area (Å²) >= 11 is 1.57. The van der Waals surface area contributed by atoms with Crippen LogP contribution in [0.2, 0.25) is 0 Å². The average Bonchev–Trinajstić information content (AvgIpc) is 3.89. The number of aromatic nitrogens is 1. The molecule has 0 aliphatic carbocycles. The van der Waals surface area contributed by atoms with E-state index in [-0.39, 0.29) is 61.7 Å². The highest BCUT2D eigenvalue weighted by atomic mass is 32.1. The number of carbonyl (C=O) groups excluding carboxylic acids is 5. The van der Waals surface area contributed by atoms with Crippen molar-refractivity contribution in [2.45, 2.75) is 84.5 Å². The minimum atomic E-state index is -1.09. The van der Waals surface area contributed by atoms with Gasteiger partial charge in [0.25, 0.3) is 11.8 Å². The summed E-state index contributed by atoms with van der Waals surface area (Å²) in [5, 5.41) is 32.7. The fourth-order valence-corrected chi connectivity index (χ4v) is 8.23. The fourth-order valence-electron chi connectivity index (χ4n) is 7.42. The number of hydrogen-bond acceptors (Lipinski definition) is 10. The van der Waals surface area contributed by atoms with Gasteiger partial charge in [-0.3, -0.25) is 24.0 Å². The number of unbranched alkanes of at least 4 members (excludes halogenated alkanes) is 2. The summed E-state index contributed by atoms with van der Waals surface area (Å²) in [6.45, 7) is 7.90. The second-order valence-corrected chi connectivity index (χ2v) is 17.8. The lowest BCUT2D eigenvalue weighted by molar-refractivity contribution is -0.144. The molecule has 0 radical (unpaired) electrons. The number of anilines is 1. The predicted octanol–water partition coefficient (Wildman–Crippen LogP) is 6.09. The van der Waals surface area contributed by atoms with Gasteiger partial charge in [0, 0.05) is 43.7 Å². The average molecular weight is 891 g/mol. The zero-order valence-electron chi connectivity index (χ0n) is 36.3. The Morgan fingerprint density at radius 1 is 0.875 bits per heavy atom. The SMILES string of the molecule is Cc1ncsc1-c1ccc(CNC(=O)[C@@H]2C[C@@H](O)CN2C(=O)[C@H](NC(=O)CCCCCNC(=O)COc2ccc3cc(C(=O)Nc4cccc(C(=O)O)c4)ccc3c2)C(C)(C)C)cc1. The smallest absolute Gasteiger partial charge is 0.335 e. The van der Waals surface area contributed by atoms with Crippen LogP contribution in [0.4, 0.5) is 5.69 Å². The number of β-amino-alcohol motifs (C(OH)–C–C–N with tert-alkyl or cyclic N) is 1. The van der Waals surface area contributed by atoms with Crippen molar-refractivity contribution < 1.29 is 43.7 Å². The number of ether oxygens (including phenoxy) is 1. The number of amides is 5. The van der Waals surface area contributed by atoms with Gasteiger partial charge in [-0.15, -0.1) is 11.3 Å². The minimum Gasteiger partial charge on any atom is -0.484 e. The Bertz CT molecular complexity index is 2500. The van der Waals surface area contributed by atoms with Gasteiger partial charge >= 0.3 is 5.97 Å². The van der Waals surface area contributed by atoms with Crippen LogP contribution in [0.25, 0.3) is 21.2 Å². The lowest BCUT2D eigenvalue weighted by atomic mass is 9.85. The van der Waals surface area contributed by atoms with E-state index in [2.05, 4.69) is 26.3 Å². The first-order valence-corrected chi connectivity index (χ1v) is 22.1. The number of aryl methyl sites for hydroxylation is 1. The van der Waals surface area contributed by atoms with Crippen LogP contribution in [0.1, 0.15) is 84.8 Å². The zero-order chi connectivity index (χ0) is 46.0. The molecule has 0 spiro atoms. The summed E-state index contributed by atoms with van der Waals surface area (Å²) in [7, 11) is 0. The van der Waals surface area contributed by atoms with Crippen molar-refractivity contribution in [3.8, 4) is 16.2 Å². The third-order valence-corrected chi connectivity index (χ3v) is 11.9. The third kappa shape index (κ3) is 12.5. The third-order valence-electron chi connectivity index (χ3n) is 10.9. The molecule has 6 N–H and O–H groups in total. The molecule has 1 saturated heterocycles. The standard InChI is InChI=1S/C48H54N6O9S/c1-29-42(64-28-51-29)31-14-12-30(13-15-31)25-50-45(59)39-24-37(55)26-54(39)46(60)43(48(2,3)4)53-40(56)11-6-5-7-20-49-41(57)27-63-38-19-18-32-21-34(17-16-33(32)23-38)44(58)52-36-10-8-9-35(22-36)47(61)62/h8-10,12-19,21-23,28,37,39,43,55H,5-7,11,20,24-27H2,1-4H3,(H,49,57)(H,50,59)(H,52,58)(H,53,56)(H,61,62)/t37-,39+,43+/m1/s1. The number of nitrogens with zero attached hydrogens (tertiary/aromatic N) is 2. The molecule has 64 heavy (non-hydrogen) atoms. The quantitative estimate of drug-likeness (QED) is 0.0557. The Hall–Kier alpha value is -6.65. The van der Waals surface area contributed by atoms with Gasteiger partial charge in [-0.1, -0.05) is 69.7 Å². The van der Waals surface area contributed by atoms with Gasteiger partial charge < -0.3 is 41.1 Å². The molecule has 5 amide bonds. The summed E-state index contributed by atoms with van der Waals surface area (Å²) < 4.78 is 5.71. The molecule has 0 unspecified atom stereocenters. The highest BCUT2D eigenvalue weighted by molar-refractivity contribution is 7.13. The highest BCUT2D eigenvalue weighted by Gasteiger charge is 2.44. The van der Waals surface area contributed by atoms with E-state index in [0.717, 1.165) is 32.5 Å². The fraction of sp³-hybridized carbons (Fsp3) is 0.354. The highest BCUT2D eigenvalue weighted by Crippen LogP contribution is 2.29. The first-order chi connectivity index (χ1) is 30.5. The first kappa shape index (κ1) is 46.8. The number of rotatable bonds is 18. The molecular formula is C48H54N6O9S. The largest absolute Gasteiger partial charge is 0.484 e. The van der Waals surface area contributed by atoms with Crippen molar-refractivity contribution in [3.63, 3.8) is 0 Å². The van der Waals surface area contributed by atoms with Crippen LogP contribution < -0.4 is 26.0 Å². The van der Waals surface area contributed by atoms with Crippen molar-refractivity contribution in [3.05, 3.63) is 113 Å². The number of hydrogen-bond donors (Lipinski definition) is 6. The maximum atomic E-state index is 14.0. The Morgan fingerprint density at radius 2 is 1.62 bits per heavy atom. The van der Waals surface area contributed by atoms with E-state index < -0.39 is 35.5 Å². The Morgan fingerprint density at radius 3 is 2.34 bits per heavy atom. The molecule has 16 heteroatoms. The van der Waals surface area contributed by atoms with E-state index in [4.69, 9.17) is 4.74 Å². The number of likely N-dealkylation sites (tertiary alicyclic amines) is 1. The molecule has 1 aliphatic heterocycles. The molecule has 3 atom stereocenters. The molecule has 1 aromatic heterocycles. The van der Waals surface area contributed by atoms with E-state index in [0.29, 0.717) is 42.8 Å². The summed E-state index contributed by atoms with van der Waals surface area (Å²) in [6.07, 6.45) is 1.19. The van der Waals surface area contributed by atoms with Crippen LogP contribution in [0.5, 0.6) is 5.75 Å². The van der Waals surface area contributed by atoms with E-state index >= 15 is 0 Å². The number of thiazole rings is 1. The van der Waals surface area contributed by atoms with Crippen molar-refractivity contribution in [2.24, 2.45) is 5.41 Å². The molecule has 336 valence electrons. The summed E-state index contributed by atoms with van der Waals surface area (Å²) in [5.74, 6) is -2.41. The van der Waals surface area contributed by atoms with Crippen LogP contribution in [0.15, 0.2) is 90.4 Å². The van der Waals surface area contributed by atoms with Crippen LogP contribution in [0, 0.1) is 12.3 Å². The minimum absolute atomic E-state index is 0.0133. The monoisotopic (exact) mass is 890 g/mol. The molecule has 1 fully saturated rings. The molecule has 4 aromatic carbocycles. The molecule has 2 heterocycles. The number of fused-ring (bicyclic) bond motifs is 1. The topological polar surface area (TPSA) is 216 Å². The first-order valence-electron chi connectivity index (χ1n) is 21.2. The number of nitrogens with one attached hydrogen (secondary N) is 4. The number of carbonyl (C=O) groups is 6.